The molecule has 38 heavy (non-hydrogen) atoms. The Morgan fingerprint density at radius 3 is 2.47 bits per heavy atom. The number of amides is 2. The number of benzene rings is 2. The van der Waals surface area contributed by atoms with Gasteiger partial charge in [-0.1, -0.05) is 37.3 Å². The number of aromatic nitrogens is 4. The summed E-state index contributed by atoms with van der Waals surface area (Å²) in [6.07, 6.45) is -4.77. The third-order valence-corrected chi connectivity index (χ3v) is 6.46. The van der Waals surface area contributed by atoms with Crippen LogP contribution in [0, 0.1) is 5.82 Å². The molecule has 2 aromatic carbocycles. The second-order valence-corrected chi connectivity index (χ2v) is 9.12. The van der Waals surface area contributed by atoms with Crippen LogP contribution >= 0.6 is 11.3 Å². The van der Waals surface area contributed by atoms with E-state index in [1.54, 1.807) is 19.1 Å². The average molecular weight is 547 g/mol. The summed E-state index contributed by atoms with van der Waals surface area (Å²) in [6.45, 7) is 1.03. The van der Waals surface area contributed by atoms with Gasteiger partial charge in [-0.3, -0.25) is 14.5 Å². The second kappa shape index (κ2) is 11.5. The number of para-hydroxylation sites is 1. The van der Waals surface area contributed by atoms with Crippen LogP contribution in [0.1, 0.15) is 24.5 Å². The lowest BCUT2D eigenvalue weighted by Crippen LogP contribution is -2.51. The van der Waals surface area contributed by atoms with Crippen LogP contribution in [0.4, 0.5) is 23.2 Å². The van der Waals surface area contributed by atoms with Gasteiger partial charge in [0, 0.05) is 6.54 Å². The number of alkyl halides is 3. The lowest BCUT2D eigenvalue weighted by atomic mass is 10.1. The first-order valence-corrected chi connectivity index (χ1v) is 12.4. The van der Waals surface area contributed by atoms with Crippen LogP contribution in [-0.2, 0) is 28.9 Å². The second-order valence-electron chi connectivity index (χ2n) is 8.17. The van der Waals surface area contributed by atoms with Gasteiger partial charge in [0.25, 0.3) is 5.91 Å². The standard InChI is InChI=1S/C25H22F4N6O2S/c1-2-19(24(37)30-14-16-9-11-17(26)12-10-16)35(20-7-4-3-6-18(20)25(27,28)29)22(36)15-34-32-23(31-33-34)21-8-5-13-38-21/h3-13,19H,2,14-15H2,1H3,(H,30,37). The van der Waals surface area contributed by atoms with Crippen LogP contribution < -0.4 is 10.2 Å². The summed E-state index contributed by atoms with van der Waals surface area (Å²) in [5, 5.41) is 16.4. The maximum absolute atomic E-state index is 13.9. The lowest BCUT2D eigenvalue weighted by molar-refractivity contribution is -0.137. The molecule has 0 bridgehead atoms. The van der Waals surface area contributed by atoms with E-state index < -0.39 is 47.6 Å². The zero-order valence-electron chi connectivity index (χ0n) is 20.0. The van der Waals surface area contributed by atoms with Gasteiger partial charge in [-0.05, 0) is 52.9 Å². The van der Waals surface area contributed by atoms with Crippen LogP contribution in [-0.4, -0.2) is 38.1 Å². The molecule has 4 aromatic rings. The minimum Gasteiger partial charge on any atom is -0.350 e. The SMILES string of the molecule is CCC(C(=O)NCc1ccc(F)cc1)N(C(=O)Cn1nnc(-c2cccs2)n1)c1ccccc1C(F)(F)F. The summed E-state index contributed by atoms with van der Waals surface area (Å²) in [7, 11) is 0. The predicted molar refractivity (Wildman–Crippen MR) is 132 cm³/mol. The molecule has 0 fully saturated rings. The molecule has 0 spiro atoms. The van der Waals surface area contributed by atoms with Crippen molar-refractivity contribution in [2.75, 3.05) is 4.90 Å². The van der Waals surface area contributed by atoms with Gasteiger partial charge in [0.2, 0.25) is 11.7 Å². The number of anilines is 1. The minimum atomic E-state index is -4.78. The highest BCUT2D eigenvalue weighted by Gasteiger charge is 2.39. The summed E-state index contributed by atoms with van der Waals surface area (Å²) in [4.78, 5) is 29.2. The molecular formula is C25H22F4N6O2S. The zero-order valence-corrected chi connectivity index (χ0v) is 20.8. The molecule has 2 amide bonds. The summed E-state index contributed by atoms with van der Waals surface area (Å²) >= 11 is 1.36. The Morgan fingerprint density at radius 2 is 1.82 bits per heavy atom. The number of thiophene rings is 1. The van der Waals surface area contributed by atoms with Gasteiger partial charge in [-0.25, -0.2) is 4.39 Å². The van der Waals surface area contributed by atoms with E-state index >= 15 is 0 Å². The molecule has 1 unspecified atom stereocenters. The van der Waals surface area contributed by atoms with E-state index in [9.17, 15) is 27.2 Å². The van der Waals surface area contributed by atoms with Crippen molar-refractivity contribution in [3.63, 3.8) is 0 Å². The van der Waals surface area contributed by atoms with E-state index in [0.29, 0.717) is 10.4 Å². The Kier molecular flexibility index (Phi) is 8.15. The Labute approximate surface area is 218 Å². The van der Waals surface area contributed by atoms with Crippen molar-refractivity contribution in [2.45, 2.75) is 38.7 Å². The van der Waals surface area contributed by atoms with Gasteiger partial charge in [0.1, 0.15) is 18.4 Å². The van der Waals surface area contributed by atoms with Gasteiger partial charge in [0.15, 0.2) is 0 Å². The van der Waals surface area contributed by atoms with Crippen molar-refractivity contribution in [1.29, 1.82) is 0 Å². The first-order chi connectivity index (χ1) is 18.2. The van der Waals surface area contributed by atoms with Gasteiger partial charge >= 0.3 is 6.18 Å². The number of halogens is 4. The minimum absolute atomic E-state index is 0.00658. The molecule has 2 heterocycles. The lowest BCUT2D eigenvalue weighted by Gasteiger charge is -2.32. The van der Waals surface area contributed by atoms with Crippen molar-refractivity contribution in [3.8, 4) is 10.7 Å². The molecule has 0 radical (unpaired) electrons. The fourth-order valence-corrected chi connectivity index (χ4v) is 4.45. The van der Waals surface area contributed by atoms with E-state index in [4.69, 9.17) is 0 Å². The number of rotatable bonds is 9. The van der Waals surface area contributed by atoms with Crippen LogP contribution in [0.5, 0.6) is 0 Å². The normalized spacial score (nSPS) is 12.2. The molecule has 0 aliphatic heterocycles. The van der Waals surface area contributed by atoms with Crippen LogP contribution in [0.2, 0.25) is 0 Å². The summed E-state index contributed by atoms with van der Waals surface area (Å²) < 4.78 is 55.0. The van der Waals surface area contributed by atoms with E-state index in [1.807, 2.05) is 5.38 Å². The molecule has 13 heteroatoms. The molecular weight excluding hydrogens is 524 g/mol. The Balaban J connectivity index is 1.64. The van der Waals surface area contributed by atoms with Crippen molar-refractivity contribution >= 4 is 28.8 Å². The number of hydrogen-bond acceptors (Lipinski definition) is 6. The molecule has 0 aliphatic rings. The number of nitrogens with zero attached hydrogens (tertiary/aromatic N) is 5. The average Bonchev–Trinajstić information content (AvgIpc) is 3.58. The largest absolute Gasteiger partial charge is 0.418 e. The highest BCUT2D eigenvalue weighted by Crippen LogP contribution is 2.37. The fraction of sp³-hybridized carbons (Fsp3) is 0.240. The summed E-state index contributed by atoms with van der Waals surface area (Å²) in [5.41, 5.74) is -0.951. The molecule has 1 N–H and O–H groups in total. The predicted octanol–water partition coefficient (Wildman–Crippen LogP) is 4.69. The Hall–Kier alpha value is -4.13. The van der Waals surface area contributed by atoms with E-state index in [2.05, 4.69) is 20.7 Å². The molecule has 4 rings (SSSR count). The monoisotopic (exact) mass is 546 g/mol. The molecule has 198 valence electrons. The van der Waals surface area contributed by atoms with Crippen LogP contribution in [0.15, 0.2) is 66.0 Å². The molecule has 0 saturated carbocycles. The summed E-state index contributed by atoms with van der Waals surface area (Å²) in [5.74, 6) is -1.69. The molecule has 1 atom stereocenters. The smallest absolute Gasteiger partial charge is 0.350 e. The topological polar surface area (TPSA) is 93.0 Å². The van der Waals surface area contributed by atoms with Crippen molar-refractivity contribution in [3.05, 3.63) is 83.0 Å². The van der Waals surface area contributed by atoms with Gasteiger partial charge in [-0.2, -0.15) is 18.0 Å². The fourth-order valence-electron chi connectivity index (χ4n) is 3.81. The van der Waals surface area contributed by atoms with Gasteiger partial charge < -0.3 is 5.32 Å². The Morgan fingerprint density at radius 1 is 1.08 bits per heavy atom. The van der Waals surface area contributed by atoms with Crippen LogP contribution in [0.3, 0.4) is 0 Å². The third kappa shape index (κ3) is 6.22. The van der Waals surface area contributed by atoms with Crippen molar-refractivity contribution in [2.24, 2.45) is 0 Å². The van der Waals surface area contributed by atoms with Crippen LogP contribution in [0.25, 0.3) is 10.7 Å². The van der Waals surface area contributed by atoms with Gasteiger partial charge in [0.05, 0.1) is 16.1 Å². The Bertz CT molecular complexity index is 1390. The molecule has 0 aliphatic carbocycles. The van der Waals surface area contributed by atoms with E-state index in [0.717, 1.165) is 21.8 Å². The quantitative estimate of drug-likeness (QED) is 0.308. The summed E-state index contributed by atoms with van der Waals surface area (Å²) in [6, 6.07) is 12.2. The van der Waals surface area contributed by atoms with Crippen molar-refractivity contribution < 1.29 is 27.2 Å². The zero-order chi connectivity index (χ0) is 27.3. The van der Waals surface area contributed by atoms with Crippen molar-refractivity contribution in [1.82, 2.24) is 25.5 Å². The van der Waals surface area contributed by atoms with E-state index in [1.165, 1.54) is 47.7 Å². The number of carbonyl (C=O) groups is 2. The highest BCUT2D eigenvalue weighted by atomic mass is 32.1. The third-order valence-electron chi connectivity index (χ3n) is 5.59. The van der Waals surface area contributed by atoms with E-state index in [-0.39, 0.29) is 18.8 Å². The molecule has 8 nitrogen and oxygen atoms in total. The first-order valence-electron chi connectivity index (χ1n) is 11.5. The number of tetrazole rings is 1. The maximum atomic E-state index is 13.9. The van der Waals surface area contributed by atoms with Gasteiger partial charge in [-0.15, -0.1) is 21.5 Å². The highest BCUT2D eigenvalue weighted by molar-refractivity contribution is 7.13. The molecule has 0 saturated heterocycles. The maximum Gasteiger partial charge on any atom is 0.418 e. The molecule has 2 aromatic heterocycles. The number of hydrogen-bond donors (Lipinski definition) is 1. The number of nitrogens with one attached hydrogen (secondary N) is 1. The number of carbonyl (C=O) groups excluding carboxylic acids is 2. The first kappa shape index (κ1) is 26.9.